The summed E-state index contributed by atoms with van der Waals surface area (Å²) in [6.07, 6.45) is 5.55. The van der Waals surface area contributed by atoms with Crippen LogP contribution in [0.1, 0.15) is 32.8 Å². The molecule has 0 saturated carbocycles. The lowest BCUT2D eigenvalue weighted by Crippen LogP contribution is -2.35. The lowest BCUT2D eigenvalue weighted by molar-refractivity contribution is 0.203. The number of nitrogens with two attached hydrogens (primary N) is 1. The third-order valence-corrected chi connectivity index (χ3v) is 3.13. The van der Waals surface area contributed by atoms with E-state index in [0.29, 0.717) is 12.6 Å². The lowest BCUT2D eigenvalue weighted by Gasteiger charge is -2.26. The number of nitrogens with zero attached hydrogens (tertiary/aromatic N) is 3. The molecule has 5 nitrogen and oxygen atoms in total. The minimum atomic E-state index is 0.184. The standard InChI is InChI=1S/C14H26N4O/c1-5-13(15)8-12-9-16-14(17-10-12)18(11(2)3)6-7-19-4/h9-11,13H,5-8,15H2,1-4H3. The molecule has 0 aliphatic rings. The number of methoxy groups -OCH3 is 1. The summed E-state index contributed by atoms with van der Waals surface area (Å²) in [5.41, 5.74) is 7.03. The van der Waals surface area contributed by atoms with Crippen molar-refractivity contribution in [1.82, 2.24) is 9.97 Å². The van der Waals surface area contributed by atoms with Gasteiger partial charge in [0.25, 0.3) is 0 Å². The largest absolute Gasteiger partial charge is 0.383 e. The Morgan fingerprint density at radius 2 is 1.95 bits per heavy atom. The van der Waals surface area contributed by atoms with Crippen molar-refractivity contribution in [2.75, 3.05) is 25.2 Å². The van der Waals surface area contributed by atoms with Crippen LogP contribution in [0.4, 0.5) is 5.95 Å². The maximum Gasteiger partial charge on any atom is 0.225 e. The third-order valence-electron chi connectivity index (χ3n) is 3.13. The van der Waals surface area contributed by atoms with Crippen LogP contribution in [-0.2, 0) is 11.2 Å². The van der Waals surface area contributed by atoms with E-state index in [1.165, 1.54) is 0 Å². The molecule has 108 valence electrons. The average molecular weight is 266 g/mol. The second kappa shape index (κ2) is 8.07. The number of ether oxygens (including phenoxy) is 1. The predicted molar refractivity (Wildman–Crippen MR) is 78.4 cm³/mol. The molecule has 0 aliphatic carbocycles. The lowest BCUT2D eigenvalue weighted by atomic mass is 10.1. The van der Waals surface area contributed by atoms with Gasteiger partial charge in [0.05, 0.1) is 6.61 Å². The molecule has 1 heterocycles. The zero-order valence-electron chi connectivity index (χ0n) is 12.5. The SMILES string of the molecule is CCC(N)Cc1cnc(N(CCOC)C(C)C)nc1. The Morgan fingerprint density at radius 3 is 2.42 bits per heavy atom. The highest BCUT2D eigenvalue weighted by molar-refractivity contribution is 5.31. The number of aromatic nitrogens is 2. The van der Waals surface area contributed by atoms with Crippen LogP contribution in [0, 0.1) is 0 Å². The fourth-order valence-corrected chi connectivity index (χ4v) is 1.83. The molecule has 0 saturated heterocycles. The smallest absolute Gasteiger partial charge is 0.225 e. The quantitative estimate of drug-likeness (QED) is 0.774. The van der Waals surface area contributed by atoms with Gasteiger partial charge in [-0.3, -0.25) is 0 Å². The van der Waals surface area contributed by atoms with E-state index >= 15 is 0 Å². The maximum atomic E-state index is 5.93. The van der Waals surface area contributed by atoms with Gasteiger partial charge in [0.15, 0.2) is 0 Å². The van der Waals surface area contributed by atoms with Gasteiger partial charge >= 0.3 is 0 Å². The van der Waals surface area contributed by atoms with Crippen LogP contribution in [-0.4, -0.2) is 42.3 Å². The maximum absolute atomic E-state index is 5.93. The second-order valence-electron chi connectivity index (χ2n) is 5.04. The van der Waals surface area contributed by atoms with Crippen molar-refractivity contribution in [2.24, 2.45) is 5.73 Å². The van der Waals surface area contributed by atoms with Gasteiger partial charge in [-0.2, -0.15) is 0 Å². The normalized spacial score (nSPS) is 12.7. The Balaban J connectivity index is 2.71. The summed E-state index contributed by atoms with van der Waals surface area (Å²) in [7, 11) is 1.70. The van der Waals surface area contributed by atoms with Gasteiger partial charge < -0.3 is 15.4 Å². The topological polar surface area (TPSA) is 64.3 Å². The molecule has 1 aromatic rings. The Kier molecular flexibility index (Phi) is 6.73. The minimum Gasteiger partial charge on any atom is -0.383 e. The van der Waals surface area contributed by atoms with Crippen molar-refractivity contribution >= 4 is 5.95 Å². The molecule has 0 bridgehead atoms. The molecule has 1 rings (SSSR count). The Labute approximate surface area is 116 Å². The summed E-state index contributed by atoms with van der Waals surface area (Å²) < 4.78 is 5.12. The van der Waals surface area contributed by atoms with E-state index in [-0.39, 0.29) is 6.04 Å². The highest BCUT2D eigenvalue weighted by Crippen LogP contribution is 2.11. The number of hydrogen-bond acceptors (Lipinski definition) is 5. The molecule has 1 atom stereocenters. The fourth-order valence-electron chi connectivity index (χ4n) is 1.83. The fraction of sp³-hybridized carbons (Fsp3) is 0.714. The van der Waals surface area contributed by atoms with Gasteiger partial charge in [0.1, 0.15) is 0 Å². The van der Waals surface area contributed by atoms with Gasteiger partial charge in [-0.05, 0) is 32.3 Å². The first-order valence-corrected chi connectivity index (χ1v) is 6.90. The molecule has 0 aromatic carbocycles. The molecular formula is C14H26N4O. The first-order valence-electron chi connectivity index (χ1n) is 6.90. The van der Waals surface area contributed by atoms with Crippen LogP contribution >= 0.6 is 0 Å². The number of anilines is 1. The molecular weight excluding hydrogens is 240 g/mol. The van der Waals surface area contributed by atoms with E-state index < -0.39 is 0 Å². The molecule has 19 heavy (non-hydrogen) atoms. The molecule has 0 amide bonds. The molecule has 0 aliphatic heterocycles. The van der Waals surface area contributed by atoms with E-state index in [0.717, 1.165) is 30.9 Å². The number of hydrogen-bond donors (Lipinski definition) is 1. The van der Waals surface area contributed by atoms with Gasteiger partial charge in [-0.1, -0.05) is 6.92 Å². The van der Waals surface area contributed by atoms with Crippen LogP contribution in [0.2, 0.25) is 0 Å². The summed E-state index contributed by atoms with van der Waals surface area (Å²) in [6, 6.07) is 0.531. The molecule has 2 N–H and O–H groups in total. The summed E-state index contributed by atoms with van der Waals surface area (Å²) in [5.74, 6) is 0.751. The molecule has 1 aromatic heterocycles. The van der Waals surface area contributed by atoms with E-state index in [9.17, 15) is 0 Å². The van der Waals surface area contributed by atoms with Crippen molar-refractivity contribution in [3.8, 4) is 0 Å². The first-order chi connectivity index (χ1) is 9.08. The van der Waals surface area contributed by atoms with Crippen LogP contribution in [0.15, 0.2) is 12.4 Å². The van der Waals surface area contributed by atoms with Crippen LogP contribution in [0.3, 0.4) is 0 Å². The molecule has 1 unspecified atom stereocenters. The highest BCUT2D eigenvalue weighted by Gasteiger charge is 2.13. The Morgan fingerprint density at radius 1 is 1.32 bits per heavy atom. The van der Waals surface area contributed by atoms with Gasteiger partial charge in [-0.15, -0.1) is 0 Å². The van der Waals surface area contributed by atoms with Gasteiger partial charge in [0, 0.05) is 38.1 Å². The molecule has 0 spiro atoms. The van der Waals surface area contributed by atoms with Crippen molar-refractivity contribution in [3.05, 3.63) is 18.0 Å². The average Bonchev–Trinajstić information content (AvgIpc) is 2.40. The number of rotatable bonds is 8. The molecule has 0 radical (unpaired) electrons. The first kappa shape index (κ1) is 15.9. The van der Waals surface area contributed by atoms with Crippen LogP contribution in [0.25, 0.3) is 0 Å². The van der Waals surface area contributed by atoms with Crippen molar-refractivity contribution < 1.29 is 4.74 Å². The van der Waals surface area contributed by atoms with Crippen molar-refractivity contribution in [1.29, 1.82) is 0 Å². The summed E-state index contributed by atoms with van der Waals surface area (Å²) in [5, 5.41) is 0. The van der Waals surface area contributed by atoms with Gasteiger partial charge in [-0.25, -0.2) is 9.97 Å². The summed E-state index contributed by atoms with van der Waals surface area (Å²) in [6.45, 7) is 7.80. The second-order valence-corrected chi connectivity index (χ2v) is 5.04. The summed E-state index contributed by atoms with van der Waals surface area (Å²) in [4.78, 5) is 11.0. The Bertz CT molecular complexity index is 353. The van der Waals surface area contributed by atoms with Gasteiger partial charge in [0.2, 0.25) is 5.95 Å². The van der Waals surface area contributed by atoms with E-state index in [1.54, 1.807) is 7.11 Å². The minimum absolute atomic E-state index is 0.184. The third kappa shape index (κ3) is 5.12. The highest BCUT2D eigenvalue weighted by atomic mass is 16.5. The van der Waals surface area contributed by atoms with Crippen LogP contribution in [0.5, 0.6) is 0 Å². The monoisotopic (exact) mass is 266 g/mol. The van der Waals surface area contributed by atoms with E-state index in [2.05, 4.69) is 35.6 Å². The van der Waals surface area contributed by atoms with Crippen molar-refractivity contribution in [3.63, 3.8) is 0 Å². The Hall–Kier alpha value is -1.20. The molecule has 0 fully saturated rings. The van der Waals surface area contributed by atoms with E-state index in [4.69, 9.17) is 10.5 Å². The van der Waals surface area contributed by atoms with Crippen LogP contribution < -0.4 is 10.6 Å². The molecule has 5 heteroatoms. The predicted octanol–water partition coefficient (Wildman–Crippen LogP) is 1.62. The zero-order chi connectivity index (χ0) is 14.3. The van der Waals surface area contributed by atoms with Crippen molar-refractivity contribution in [2.45, 2.75) is 45.7 Å². The van der Waals surface area contributed by atoms with E-state index in [1.807, 2.05) is 12.4 Å². The summed E-state index contributed by atoms with van der Waals surface area (Å²) >= 11 is 0. The zero-order valence-corrected chi connectivity index (χ0v) is 12.5.